The molecule has 1 saturated carbocycles. The van der Waals surface area contributed by atoms with Crippen LogP contribution in [0.2, 0.25) is 0 Å². The van der Waals surface area contributed by atoms with Gasteiger partial charge in [-0.15, -0.1) is 0 Å². The molecule has 0 aromatic rings. The van der Waals surface area contributed by atoms with Crippen LogP contribution in [0.5, 0.6) is 0 Å². The van der Waals surface area contributed by atoms with Gasteiger partial charge in [0.1, 0.15) is 6.04 Å². The molecule has 0 saturated heterocycles. The highest BCUT2D eigenvalue weighted by Crippen LogP contribution is 2.51. The van der Waals surface area contributed by atoms with Crippen molar-refractivity contribution in [1.29, 1.82) is 0 Å². The summed E-state index contributed by atoms with van der Waals surface area (Å²) >= 11 is 5.29. The first-order valence-electron chi connectivity index (χ1n) is 4.87. The molecule has 1 rings (SSSR count). The average Bonchev–Trinajstić information content (AvgIpc) is 2.93. The molecular formula is C8H11ClN4O4. The monoisotopic (exact) mass is 262 g/mol. The topological polar surface area (TPSA) is 135 Å². The average molecular weight is 263 g/mol. The minimum atomic E-state index is -1.19. The number of hydrogen-bond donors (Lipinski definition) is 3. The Balaban J connectivity index is 2.66. The van der Waals surface area contributed by atoms with Crippen LogP contribution in [0.1, 0.15) is 6.42 Å². The van der Waals surface area contributed by atoms with Crippen LogP contribution in [0.25, 0.3) is 10.4 Å². The van der Waals surface area contributed by atoms with Crippen LogP contribution in [0, 0.1) is 17.8 Å². The second kappa shape index (κ2) is 5.72. The van der Waals surface area contributed by atoms with E-state index in [1.54, 1.807) is 0 Å². The van der Waals surface area contributed by atoms with E-state index in [0.29, 0.717) is 6.42 Å². The molecule has 0 unspecified atom stereocenters. The van der Waals surface area contributed by atoms with Crippen LogP contribution in [-0.2, 0) is 9.59 Å². The summed E-state index contributed by atoms with van der Waals surface area (Å²) in [6.07, 6.45) is 0.341. The van der Waals surface area contributed by atoms with Gasteiger partial charge in [0.15, 0.2) is 0 Å². The first-order valence-corrected chi connectivity index (χ1v) is 5.25. The fourth-order valence-corrected chi connectivity index (χ4v) is 2.35. The van der Waals surface area contributed by atoms with E-state index in [2.05, 4.69) is 14.9 Å². The lowest BCUT2D eigenvalue weighted by Gasteiger charge is -2.08. The lowest BCUT2D eigenvalue weighted by atomic mass is 10.1. The predicted octanol–water partition coefficient (Wildman–Crippen LogP) is 0.830. The maximum Gasteiger partial charge on any atom is 0.322 e. The number of carboxylic acids is 2. The fraction of sp³-hybridized carbons (Fsp3) is 0.750. The standard InChI is InChI=1S/C8H11ClN4O4/c9-12-6(8(16)17)4-3(1-2-11-13-10)5(4)7(14)15/h3-6,12H,1-2H2,(H,14,15)(H,16,17)/t3-,4+,5+,6-/m1/s1. The summed E-state index contributed by atoms with van der Waals surface area (Å²) < 4.78 is 0. The van der Waals surface area contributed by atoms with Crippen LogP contribution in [-0.4, -0.2) is 34.7 Å². The SMILES string of the molecule is [N-]=[N+]=NCC[C@H]1[C@H](C(=O)O)[C@H]1[C@@H](NCl)C(=O)O. The van der Waals surface area contributed by atoms with E-state index < -0.39 is 29.8 Å². The summed E-state index contributed by atoms with van der Waals surface area (Å²) in [4.78, 5) is 26.3. The molecule has 4 atom stereocenters. The van der Waals surface area contributed by atoms with Gasteiger partial charge in [-0.3, -0.25) is 9.59 Å². The van der Waals surface area contributed by atoms with Gasteiger partial charge in [0.25, 0.3) is 0 Å². The molecule has 0 spiro atoms. The molecule has 8 nitrogen and oxygen atoms in total. The molecule has 17 heavy (non-hydrogen) atoms. The van der Waals surface area contributed by atoms with Gasteiger partial charge >= 0.3 is 11.9 Å². The molecule has 1 fully saturated rings. The number of azide groups is 1. The predicted molar refractivity (Wildman–Crippen MR) is 57.1 cm³/mol. The Bertz CT molecular complexity index is 371. The number of carboxylic acid groups (broad SMARTS) is 2. The number of rotatable bonds is 7. The molecule has 1 aliphatic rings. The van der Waals surface area contributed by atoms with Gasteiger partial charge in [-0.1, -0.05) is 5.11 Å². The van der Waals surface area contributed by atoms with Crippen molar-refractivity contribution in [1.82, 2.24) is 4.84 Å². The molecule has 0 heterocycles. The highest BCUT2D eigenvalue weighted by atomic mass is 35.5. The molecular weight excluding hydrogens is 252 g/mol. The highest BCUT2D eigenvalue weighted by Gasteiger charge is 2.59. The highest BCUT2D eigenvalue weighted by molar-refractivity contribution is 6.15. The molecule has 1 aliphatic carbocycles. The number of aliphatic carboxylic acids is 2. The molecule has 0 bridgehead atoms. The molecule has 0 amide bonds. The van der Waals surface area contributed by atoms with E-state index in [4.69, 9.17) is 27.5 Å². The van der Waals surface area contributed by atoms with Crippen LogP contribution >= 0.6 is 11.8 Å². The normalized spacial score (nSPS) is 27.9. The number of nitrogens with zero attached hydrogens (tertiary/aromatic N) is 3. The van der Waals surface area contributed by atoms with Gasteiger partial charge in [0, 0.05) is 17.4 Å². The number of halogens is 1. The zero-order chi connectivity index (χ0) is 13.0. The first-order chi connectivity index (χ1) is 8.04. The summed E-state index contributed by atoms with van der Waals surface area (Å²) in [6.45, 7) is 0.149. The van der Waals surface area contributed by atoms with Crippen molar-refractivity contribution in [2.75, 3.05) is 6.54 Å². The fourth-order valence-electron chi connectivity index (χ4n) is 2.11. The molecule has 9 heteroatoms. The zero-order valence-corrected chi connectivity index (χ0v) is 9.41. The van der Waals surface area contributed by atoms with Gasteiger partial charge in [-0.25, -0.2) is 4.84 Å². The minimum Gasteiger partial charge on any atom is -0.481 e. The van der Waals surface area contributed by atoms with E-state index in [9.17, 15) is 9.59 Å². The third-order valence-electron chi connectivity index (χ3n) is 2.91. The van der Waals surface area contributed by atoms with Crippen molar-refractivity contribution >= 4 is 23.7 Å². The van der Waals surface area contributed by atoms with E-state index >= 15 is 0 Å². The van der Waals surface area contributed by atoms with Crippen molar-refractivity contribution in [3.8, 4) is 0 Å². The molecule has 0 aromatic carbocycles. The van der Waals surface area contributed by atoms with Crippen molar-refractivity contribution in [2.45, 2.75) is 12.5 Å². The van der Waals surface area contributed by atoms with Gasteiger partial charge in [-0.05, 0) is 29.6 Å². The van der Waals surface area contributed by atoms with Crippen molar-refractivity contribution in [2.24, 2.45) is 22.9 Å². The molecule has 0 radical (unpaired) electrons. The number of nitrogens with one attached hydrogen (secondary N) is 1. The van der Waals surface area contributed by atoms with Gasteiger partial charge in [-0.2, -0.15) is 0 Å². The van der Waals surface area contributed by atoms with Crippen molar-refractivity contribution < 1.29 is 19.8 Å². The second-order valence-electron chi connectivity index (χ2n) is 3.77. The third kappa shape index (κ3) is 3.00. The number of hydrogen-bond acceptors (Lipinski definition) is 4. The molecule has 0 aliphatic heterocycles. The Morgan fingerprint density at radius 3 is 2.59 bits per heavy atom. The Morgan fingerprint density at radius 1 is 1.53 bits per heavy atom. The van der Waals surface area contributed by atoms with E-state index in [-0.39, 0.29) is 12.5 Å². The molecule has 3 N–H and O–H groups in total. The third-order valence-corrected chi connectivity index (χ3v) is 3.14. The van der Waals surface area contributed by atoms with Crippen molar-refractivity contribution in [3.05, 3.63) is 10.4 Å². The van der Waals surface area contributed by atoms with Gasteiger partial charge < -0.3 is 10.2 Å². The maximum atomic E-state index is 10.9. The lowest BCUT2D eigenvalue weighted by molar-refractivity contribution is -0.140. The van der Waals surface area contributed by atoms with E-state index in [0.717, 1.165) is 0 Å². The van der Waals surface area contributed by atoms with Crippen LogP contribution < -0.4 is 4.84 Å². The Kier molecular flexibility index (Phi) is 4.56. The zero-order valence-electron chi connectivity index (χ0n) is 8.65. The second-order valence-corrected chi connectivity index (χ2v) is 3.99. The summed E-state index contributed by atoms with van der Waals surface area (Å²) in [7, 11) is 0. The lowest BCUT2D eigenvalue weighted by Crippen LogP contribution is -2.34. The summed E-state index contributed by atoms with van der Waals surface area (Å²) in [5, 5.41) is 21.1. The van der Waals surface area contributed by atoms with Crippen LogP contribution in [0.15, 0.2) is 5.11 Å². The largest absolute Gasteiger partial charge is 0.481 e. The van der Waals surface area contributed by atoms with E-state index in [1.807, 2.05) is 0 Å². The molecule has 0 aromatic heterocycles. The van der Waals surface area contributed by atoms with Crippen LogP contribution in [0.4, 0.5) is 0 Å². The number of carbonyl (C=O) groups is 2. The molecule has 94 valence electrons. The smallest absolute Gasteiger partial charge is 0.322 e. The first kappa shape index (κ1) is 13.6. The van der Waals surface area contributed by atoms with E-state index in [1.165, 1.54) is 0 Å². The Hall–Kier alpha value is -1.50. The summed E-state index contributed by atoms with van der Waals surface area (Å²) in [6, 6.07) is -1.10. The van der Waals surface area contributed by atoms with Crippen molar-refractivity contribution in [3.63, 3.8) is 0 Å². The summed E-state index contributed by atoms with van der Waals surface area (Å²) in [5.41, 5.74) is 8.10. The van der Waals surface area contributed by atoms with Gasteiger partial charge in [0.2, 0.25) is 0 Å². The Morgan fingerprint density at radius 2 is 2.18 bits per heavy atom. The van der Waals surface area contributed by atoms with Crippen LogP contribution in [0.3, 0.4) is 0 Å². The Labute approximate surface area is 101 Å². The van der Waals surface area contributed by atoms with Gasteiger partial charge in [0.05, 0.1) is 5.92 Å². The minimum absolute atomic E-state index is 0.149. The maximum absolute atomic E-state index is 10.9. The summed E-state index contributed by atoms with van der Waals surface area (Å²) in [5.74, 6) is -3.90. The quantitative estimate of drug-likeness (QED) is 0.270.